The number of likely N-dealkylation sites (N-methyl/N-ethyl adjacent to an activating group) is 2. The molecule has 0 amide bonds. The Balaban J connectivity index is 0.000000336. The summed E-state index contributed by atoms with van der Waals surface area (Å²) in [5.41, 5.74) is 3.85. The summed E-state index contributed by atoms with van der Waals surface area (Å²) in [6.07, 6.45) is 3.77. The highest BCUT2D eigenvalue weighted by Gasteiger charge is 2.14. The van der Waals surface area contributed by atoms with Gasteiger partial charge in [-0.25, -0.2) is 4.99 Å². The number of aromatic amines is 1. The van der Waals surface area contributed by atoms with E-state index in [1.54, 1.807) is 4.68 Å². The highest BCUT2D eigenvalue weighted by atomic mass is 32.1. The summed E-state index contributed by atoms with van der Waals surface area (Å²) < 4.78 is 1.77. The minimum absolute atomic E-state index is 0.732. The van der Waals surface area contributed by atoms with Crippen LogP contribution in [0.1, 0.15) is 5.56 Å². The standard InChI is InChI=1S/C15H22N6.C6H6S/c1-11(20(4)7-6-16-2)13-8-14(19-15(13)17-3)12-9-18-21(5)10-12;7-6-4-2-1-3-5-6/h8-10,16,19H,1,3,6-7H2,2,4-5H3;1-5,7H. The number of nitrogens with zero attached hydrogens (tertiary/aromatic N) is 4. The van der Waals surface area contributed by atoms with E-state index in [0.717, 1.165) is 46.3 Å². The van der Waals surface area contributed by atoms with E-state index in [2.05, 4.69) is 51.2 Å². The van der Waals surface area contributed by atoms with Gasteiger partial charge in [0.2, 0.25) is 0 Å². The zero-order valence-electron chi connectivity index (χ0n) is 16.7. The van der Waals surface area contributed by atoms with Crippen molar-refractivity contribution in [3.63, 3.8) is 0 Å². The van der Waals surface area contributed by atoms with Crippen molar-refractivity contribution in [1.82, 2.24) is 25.0 Å². The second kappa shape index (κ2) is 10.5. The van der Waals surface area contributed by atoms with E-state index in [0.29, 0.717) is 0 Å². The molecule has 0 bridgehead atoms. The third-order valence-electron chi connectivity index (χ3n) is 4.20. The van der Waals surface area contributed by atoms with Crippen LogP contribution in [0.25, 0.3) is 17.0 Å². The fourth-order valence-corrected chi connectivity index (χ4v) is 2.72. The summed E-state index contributed by atoms with van der Waals surface area (Å²) >= 11 is 4.08. The van der Waals surface area contributed by atoms with Crippen molar-refractivity contribution < 1.29 is 0 Å². The van der Waals surface area contributed by atoms with Crippen LogP contribution < -0.4 is 5.32 Å². The number of aliphatic imine (C=N–C) groups is 1. The largest absolute Gasteiger partial charge is 0.373 e. The van der Waals surface area contributed by atoms with Crippen molar-refractivity contribution >= 4 is 30.9 Å². The lowest BCUT2D eigenvalue weighted by Gasteiger charge is -2.21. The van der Waals surface area contributed by atoms with Crippen molar-refractivity contribution in [2.45, 2.75) is 4.90 Å². The Labute approximate surface area is 172 Å². The Morgan fingerprint density at radius 1 is 1.36 bits per heavy atom. The Morgan fingerprint density at radius 3 is 2.57 bits per heavy atom. The van der Waals surface area contributed by atoms with Gasteiger partial charge in [0.25, 0.3) is 0 Å². The second-order valence-corrected chi connectivity index (χ2v) is 6.83. The molecule has 0 unspecified atom stereocenters. The third kappa shape index (κ3) is 5.87. The molecular weight excluding hydrogens is 368 g/mol. The predicted octanol–water partition coefficient (Wildman–Crippen LogP) is 3.84. The molecule has 0 aliphatic rings. The number of H-pyrrole nitrogens is 1. The predicted molar refractivity (Wildman–Crippen MR) is 121 cm³/mol. The normalized spacial score (nSPS) is 10.1. The molecule has 0 radical (unpaired) electrons. The maximum Gasteiger partial charge on any atom is 0.139 e. The van der Waals surface area contributed by atoms with E-state index in [1.165, 1.54) is 0 Å². The Morgan fingerprint density at radius 2 is 2.07 bits per heavy atom. The summed E-state index contributed by atoms with van der Waals surface area (Å²) in [7, 11) is 5.85. The van der Waals surface area contributed by atoms with Gasteiger partial charge in [-0.15, -0.1) is 12.6 Å². The number of hydrogen-bond acceptors (Lipinski definition) is 5. The summed E-state index contributed by atoms with van der Waals surface area (Å²) in [6, 6.07) is 11.8. The summed E-state index contributed by atoms with van der Waals surface area (Å²) in [5, 5.41) is 7.32. The molecule has 0 aliphatic carbocycles. The van der Waals surface area contributed by atoms with Crippen molar-refractivity contribution in [3.05, 3.63) is 60.9 Å². The molecule has 2 aromatic heterocycles. The van der Waals surface area contributed by atoms with Crippen LogP contribution in [0.15, 0.2) is 65.3 Å². The van der Waals surface area contributed by atoms with Crippen LogP contribution in [0.3, 0.4) is 0 Å². The lowest BCUT2D eigenvalue weighted by molar-refractivity contribution is 0.474. The molecule has 7 heteroatoms. The van der Waals surface area contributed by atoms with Crippen molar-refractivity contribution in [3.8, 4) is 11.3 Å². The third-order valence-corrected chi connectivity index (χ3v) is 4.49. The molecule has 3 rings (SSSR count). The van der Waals surface area contributed by atoms with Crippen LogP contribution in [0, 0.1) is 0 Å². The van der Waals surface area contributed by atoms with Crippen molar-refractivity contribution in [2.24, 2.45) is 12.0 Å². The zero-order valence-corrected chi connectivity index (χ0v) is 17.6. The summed E-state index contributed by atoms with van der Waals surface area (Å²) in [6.45, 7) is 9.57. The van der Waals surface area contributed by atoms with Crippen LogP contribution in [0.2, 0.25) is 0 Å². The Kier molecular flexibility index (Phi) is 8.10. The van der Waals surface area contributed by atoms with Gasteiger partial charge < -0.3 is 15.2 Å². The van der Waals surface area contributed by atoms with Gasteiger partial charge in [-0.1, -0.05) is 24.8 Å². The first kappa shape index (κ1) is 21.5. The average molecular weight is 397 g/mol. The molecule has 0 saturated heterocycles. The molecule has 28 heavy (non-hydrogen) atoms. The number of aryl methyl sites for hydroxylation is 1. The van der Waals surface area contributed by atoms with Gasteiger partial charge in [-0.05, 0) is 32.0 Å². The van der Waals surface area contributed by atoms with Gasteiger partial charge in [0.05, 0.1) is 11.9 Å². The second-order valence-electron chi connectivity index (χ2n) is 6.31. The molecule has 2 heterocycles. The fraction of sp³-hybridized carbons (Fsp3) is 0.238. The minimum atomic E-state index is 0.732. The Bertz CT molecular complexity index is 897. The van der Waals surface area contributed by atoms with Gasteiger partial charge in [-0.3, -0.25) is 4.68 Å². The lowest BCUT2D eigenvalue weighted by Crippen LogP contribution is -2.25. The van der Waals surface area contributed by atoms with Crippen molar-refractivity contribution in [2.75, 3.05) is 27.2 Å². The number of hydrogen-bond donors (Lipinski definition) is 3. The fourth-order valence-electron chi connectivity index (χ4n) is 2.55. The maximum atomic E-state index is 4.19. The van der Waals surface area contributed by atoms with E-state index in [4.69, 9.17) is 0 Å². The van der Waals surface area contributed by atoms with Gasteiger partial charge in [0.15, 0.2) is 0 Å². The molecule has 0 aliphatic heterocycles. The van der Waals surface area contributed by atoms with Crippen LogP contribution in [0.4, 0.5) is 5.82 Å². The lowest BCUT2D eigenvalue weighted by atomic mass is 10.2. The van der Waals surface area contributed by atoms with Gasteiger partial charge in [0.1, 0.15) is 5.82 Å². The highest BCUT2D eigenvalue weighted by Crippen LogP contribution is 2.31. The van der Waals surface area contributed by atoms with Gasteiger partial charge in [-0.2, -0.15) is 5.10 Å². The molecule has 1 aromatic carbocycles. The molecular formula is C21H28N6S. The van der Waals surface area contributed by atoms with E-state index < -0.39 is 0 Å². The number of benzene rings is 1. The summed E-state index contributed by atoms with van der Waals surface area (Å²) in [5.74, 6) is 0.732. The molecule has 6 nitrogen and oxygen atoms in total. The average Bonchev–Trinajstić information content (AvgIpc) is 3.32. The number of thiol groups is 1. The molecule has 0 spiro atoms. The Hall–Kier alpha value is -2.77. The van der Waals surface area contributed by atoms with Crippen molar-refractivity contribution in [1.29, 1.82) is 0 Å². The SMILES string of the molecule is C=Nc1[nH]c(-c2cnn(C)c2)cc1C(=C)N(C)CCNC.Sc1ccccc1. The molecule has 0 atom stereocenters. The topological polar surface area (TPSA) is 61.2 Å². The van der Waals surface area contributed by atoms with Crippen LogP contribution in [0.5, 0.6) is 0 Å². The molecule has 0 saturated carbocycles. The highest BCUT2D eigenvalue weighted by molar-refractivity contribution is 7.80. The maximum absolute atomic E-state index is 4.19. The first-order valence-corrected chi connectivity index (χ1v) is 9.38. The number of nitrogens with one attached hydrogen (secondary N) is 2. The van der Waals surface area contributed by atoms with Gasteiger partial charge >= 0.3 is 0 Å². The van der Waals surface area contributed by atoms with Crippen LogP contribution in [-0.4, -0.2) is 53.6 Å². The smallest absolute Gasteiger partial charge is 0.139 e. The van der Waals surface area contributed by atoms with E-state index in [9.17, 15) is 0 Å². The monoisotopic (exact) mass is 396 g/mol. The molecule has 0 fully saturated rings. The molecule has 2 N–H and O–H groups in total. The summed E-state index contributed by atoms with van der Waals surface area (Å²) in [4.78, 5) is 10.5. The number of aromatic nitrogens is 3. The van der Waals surface area contributed by atoms with E-state index >= 15 is 0 Å². The molecule has 3 aromatic rings. The van der Waals surface area contributed by atoms with E-state index in [-0.39, 0.29) is 0 Å². The first-order chi connectivity index (χ1) is 13.5. The first-order valence-electron chi connectivity index (χ1n) is 8.94. The van der Waals surface area contributed by atoms with E-state index in [1.807, 2.05) is 69.9 Å². The van der Waals surface area contributed by atoms with Crippen LogP contribution >= 0.6 is 12.6 Å². The number of rotatable bonds is 7. The zero-order chi connectivity index (χ0) is 20.5. The van der Waals surface area contributed by atoms with Crippen LogP contribution in [-0.2, 0) is 7.05 Å². The quantitative estimate of drug-likeness (QED) is 0.420. The van der Waals surface area contributed by atoms with Gasteiger partial charge in [0, 0.05) is 55.1 Å². The molecule has 148 valence electrons. The minimum Gasteiger partial charge on any atom is -0.373 e.